The largest absolute Gasteiger partial charge is 0.380 e. The summed E-state index contributed by atoms with van der Waals surface area (Å²) in [7, 11) is 3.44. The van der Waals surface area contributed by atoms with Gasteiger partial charge in [0.2, 0.25) is 0 Å². The molecule has 0 atom stereocenters. The van der Waals surface area contributed by atoms with Crippen molar-refractivity contribution in [3.63, 3.8) is 0 Å². The van der Waals surface area contributed by atoms with Crippen LogP contribution in [-0.2, 0) is 22.7 Å². The molecule has 0 aliphatic carbocycles. The van der Waals surface area contributed by atoms with Crippen molar-refractivity contribution in [2.75, 3.05) is 14.2 Å². The summed E-state index contributed by atoms with van der Waals surface area (Å²) in [4.78, 5) is 0. The molecule has 0 aromatic heterocycles. The van der Waals surface area contributed by atoms with Gasteiger partial charge in [0.15, 0.2) is 0 Å². The molecule has 14 heavy (non-hydrogen) atoms. The fourth-order valence-corrected chi connectivity index (χ4v) is 1.62. The third kappa shape index (κ3) is 2.34. The lowest BCUT2D eigenvalue weighted by Gasteiger charge is -2.13. The minimum Gasteiger partial charge on any atom is -0.380 e. The van der Waals surface area contributed by atoms with Crippen molar-refractivity contribution in [1.29, 1.82) is 0 Å². The standard InChI is InChI=1S/C12H18O2/c1-9-5-6-11(7-13-3)10(2)12(9)8-14-4/h5-6H,7-8H2,1-4H3. The first kappa shape index (κ1) is 11.2. The van der Waals surface area contributed by atoms with E-state index in [1.807, 2.05) is 0 Å². The molecule has 1 aromatic rings. The van der Waals surface area contributed by atoms with Gasteiger partial charge in [-0.25, -0.2) is 0 Å². The highest BCUT2D eigenvalue weighted by Crippen LogP contribution is 2.19. The average Bonchev–Trinajstić information content (AvgIpc) is 2.17. The lowest BCUT2D eigenvalue weighted by atomic mass is 9.98. The van der Waals surface area contributed by atoms with Crippen molar-refractivity contribution in [3.05, 3.63) is 34.4 Å². The normalized spacial score (nSPS) is 10.6. The maximum Gasteiger partial charge on any atom is 0.0718 e. The fourth-order valence-electron chi connectivity index (χ4n) is 1.62. The van der Waals surface area contributed by atoms with Gasteiger partial charge in [0, 0.05) is 14.2 Å². The number of hydrogen-bond donors (Lipinski definition) is 0. The lowest BCUT2D eigenvalue weighted by Crippen LogP contribution is -2.01. The summed E-state index contributed by atoms with van der Waals surface area (Å²) in [5.74, 6) is 0. The van der Waals surface area contributed by atoms with E-state index < -0.39 is 0 Å². The predicted molar refractivity (Wildman–Crippen MR) is 57.3 cm³/mol. The number of ether oxygens (including phenoxy) is 2. The molecule has 0 amide bonds. The molecule has 0 aliphatic heterocycles. The van der Waals surface area contributed by atoms with E-state index in [1.165, 1.54) is 22.3 Å². The summed E-state index contributed by atoms with van der Waals surface area (Å²) >= 11 is 0. The van der Waals surface area contributed by atoms with Crippen LogP contribution >= 0.6 is 0 Å². The Bertz CT molecular complexity index is 305. The molecule has 0 unspecified atom stereocenters. The van der Waals surface area contributed by atoms with Crippen molar-refractivity contribution >= 4 is 0 Å². The van der Waals surface area contributed by atoms with E-state index in [4.69, 9.17) is 9.47 Å². The molecule has 0 radical (unpaired) electrons. The van der Waals surface area contributed by atoms with Crippen molar-refractivity contribution < 1.29 is 9.47 Å². The fraction of sp³-hybridized carbons (Fsp3) is 0.500. The van der Waals surface area contributed by atoms with Gasteiger partial charge < -0.3 is 9.47 Å². The zero-order valence-electron chi connectivity index (χ0n) is 9.39. The Morgan fingerprint density at radius 3 is 2.21 bits per heavy atom. The van der Waals surface area contributed by atoms with Crippen LogP contribution in [0.1, 0.15) is 22.3 Å². The topological polar surface area (TPSA) is 18.5 Å². The molecule has 1 rings (SSSR count). The Morgan fingerprint density at radius 1 is 1.00 bits per heavy atom. The quantitative estimate of drug-likeness (QED) is 0.733. The van der Waals surface area contributed by atoms with Crippen LogP contribution in [0.25, 0.3) is 0 Å². The average molecular weight is 194 g/mol. The molecule has 0 fully saturated rings. The Labute approximate surface area is 85.8 Å². The molecule has 2 nitrogen and oxygen atoms in total. The van der Waals surface area contributed by atoms with Gasteiger partial charge in [-0.3, -0.25) is 0 Å². The molecule has 0 N–H and O–H groups in total. The van der Waals surface area contributed by atoms with E-state index in [0.717, 1.165) is 0 Å². The number of hydrogen-bond acceptors (Lipinski definition) is 2. The molecule has 0 bridgehead atoms. The van der Waals surface area contributed by atoms with Gasteiger partial charge in [0.05, 0.1) is 13.2 Å². The monoisotopic (exact) mass is 194 g/mol. The van der Waals surface area contributed by atoms with Crippen LogP contribution in [0, 0.1) is 13.8 Å². The number of benzene rings is 1. The third-order valence-electron chi connectivity index (χ3n) is 2.53. The molecule has 0 heterocycles. The molecular formula is C12H18O2. The highest BCUT2D eigenvalue weighted by molar-refractivity contribution is 5.39. The Morgan fingerprint density at radius 2 is 1.64 bits per heavy atom. The highest BCUT2D eigenvalue weighted by Gasteiger charge is 2.06. The summed E-state index contributed by atoms with van der Waals surface area (Å²) in [6.45, 7) is 5.58. The third-order valence-corrected chi connectivity index (χ3v) is 2.53. The first-order valence-electron chi connectivity index (χ1n) is 4.76. The van der Waals surface area contributed by atoms with Gasteiger partial charge in [0.25, 0.3) is 0 Å². The molecule has 0 saturated heterocycles. The van der Waals surface area contributed by atoms with Crippen LogP contribution in [0.3, 0.4) is 0 Å². The molecular weight excluding hydrogens is 176 g/mol. The smallest absolute Gasteiger partial charge is 0.0718 e. The molecule has 1 aromatic carbocycles. The van der Waals surface area contributed by atoms with Crippen LogP contribution < -0.4 is 0 Å². The SMILES string of the molecule is COCc1ccc(C)c(COC)c1C. The molecule has 0 aliphatic rings. The second-order valence-electron chi connectivity index (χ2n) is 3.51. The van der Waals surface area contributed by atoms with Crippen LogP contribution in [0.5, 0.6) is 0 Å². The number of rotatable bonds is 4. The summed E-state index contributed by atoms with van der Waals surface area (Å²) in [5.41, 5.74) is 5.09. The van der Waals surface area contributed by atoms with Crippen molar-refractivity contribution in [2.24, 2.45) is 0 Å². The van der Waals surface area contributed by atoms with Crippen LogP contribution in [0.15, 0.2) is 12.1 Å². The van der Waals surface area contributed by atoms with Crippen LogP contribution in [0.4, 0.5) is 0 Å². The van der Waals surface area contributed by atoms with Crippen molar-refractivity contribution in [3.8, 4) is 0 Å². The molecule has 78 valence electrons. The van der Waals surface area contributed by atoms with Gasteiger partial charge >= 0.3 is 0 Å². The Balaban J connectivity index is 3.05. The van der Waals surface area contributed by atoms with E-state index in [9.17, 15) is 0 Å². The van der Waals surface area contributed by atoms with Gasteiger partial charge in [0.1, 0.15) is 0 Å². The second kappa shape index (κ2) is 5.13. The first-order valence-corrected chi connectivity index (χ1v) is 4.76. The van der Waals surface area contributed by atoms with Crippen LogP contribution in [-0.4, -0.2) is 14.2 Å². The van der Waals surface area contributed by atoms with Gasteiger partial charge in [-0.15, -0.1) is 0 Å². The Kier molecular flexibility index (Phi) is 4.11. The van der Waals surface area contributed by atoms with E-state index in [-0.39, 0.29) is 0 Å². The van der Waals surface area contributed by atoms with Gasteiger partial charge in [-0.1, -0.05) is 12.1 Å². The minimum absolute atomic E-state index is 0.669. The summed E-state index contributed by atoms with van der Waals surface area (Å²) in [6.07, 6.45) is 0. The second-order valence-corrected chi connectivity index (χ2v) is 3.51. The summed E-state index contributed by atoms with van der Waals surface area (Å²) in [5, 5.41) is 0. The molecule has 2 heteroatoms. The van der Waals surface area contributed by atoms with E-state index in [0.29, 0.717) is 13.2 Å². The van der Waals surface area contributed by atoms with E-state index in [2.05, 4.69) is 26.0 Å². The van der Waals surface area contributed by atoms with Crippen molar-refractivity contribution in [1.82, 2.24) is 0 Å². The van der Waals surface area contributed by atoms with Crippen molar-refractivity contribution in [2.45, 2.75) is 27.1 Å². The van der Waals surface area contributed by atoms with E-state index in [1.54, 1.807) is 14.2 Å². The minimum atomic E-state index is 0.669. The maximum atomic E-state index is 5.18. The number of methoxy groups -OCH3 is 2. The Hall–Kier alpha value is -0.860. The number of aryl methyl sites for hydroxylation is 1. The highest BCUT2D eigenvalue weighted by atomic mass is 16.5. The van der Waals surface area contributed by atoms with Gasteiger partial charge in [-0.2, -0.15) is 0 Å². The zero-order valence-corrected chi connectivity index (χ0v) is 9.39. The molecule has 0 saturated carbocycles. The molecule has 0 spiro atoms. The lowest BCUT2D eigenvalue weighted by molar-refractivity contribution is 0.178. The summed E-state index contributed by atoms with van der Waals surface area (Å²) < 4.78 is 10.3. The summed E-state index contributed by atoms with van der Waals surface area (Å²) in [6, 6.07) is 4.24. The predicted octanol–water partition coefficient (Wildman–Crippen LogP) is 2.60. The van der Waals surface area contributed by atoms with E-state index >= 15 is 0 Å². The van der Waals surface area contributed by atoms with Crippen LogP contribution in [0.2, 0.25) is 0 Å². The van der Waals surface area contributed by atoms with Gasteiger partial charge in [-0.05, 0) is 36.1 Å². The maximum absolute atomic E-state index is 5.18. The first-order chi connectivity index (χ1) is 6.70. The zero-order chi connectivity index (χ0) is 10.6.